The van der Waals surface area contributed by atoms with Gasteiger partial charge in [-0.25, -0.2) is 4.90 Å². The molecular formula is C24H20N2O5S. The molecule has 7 nitrogen and oxygen atoms in total. The fraction of sp³-hybridized carbons (Fsp3) is 0.167. The summed E-state index contributed by atoms with van der Waals surface area (Å²) in [5.41, 5.74) is 1.23. The number of esters is 1. The second kappa shape index (κ2) is 9.15. The van der Waals surface area contributed by atoms with E-state index in [0.29, 0.717) is 16.3 Å². The Labute approximate surface area is 188 Å². The Morgan fingerprint density at radius 2 is 1.75 bits per heavy atom. The molecule has 1 aliphatic heterocycles. The smallest absolute Gasteiger partial charge is 0.308 e. The lowest BCUT2D eigenvalue weighted by Gasteiger charge is -2.27. The molecule has 0 N–H and O–H groups in total. The molecule has 2 aromatic carbocycles. The minimum absolute atomic E-state index is 0.103. The van der Waals surface area contributed by atoms with Gasteiger partial charge in [0.25, 0.3) is 11.8 Å². The molecule has 0 radical (unpaired) electrons. The van der Waals surface area contributed by atoms with Crippen LogP contribution in [0.15, 0.2) is 72.1 Å². The van der Waals surface area contributed by atoms with Crippen LogP contribution in [0.1, 0.15) is 28.6 Å². The highest BCUT2D eigenvalue weighted by molar-refractivity contribution is 7.12. The van der Waals surface area contributed by atoms with Crippen molar-refractivity contribution >= 4 is 40.7 Å². The van der Waals surface area contributed by atoms with E-state index in [2.05, 4.69) is 0 Å². The number of anilines is 1. The molecule has 162 valence electrons. The summed E-state index contributed by atoms with van der Waals surface area (Å²) in [4.78, 5) is 53.5. The number of imide groups is 1. The minimum atomic E-state index is -0.912. The zero-order valence-electron chi connectivity index (χ0n) is 17.3. The maximum absolute atomic E-state index is 13.3. The van der Waals surface area contributed by atoms with E-state index in [1.54, 1.807) is 29.6 Å². The summed E-state index contributed by atoms with van der Waals surface area (Å²) >= 11 is 1.29. The molecule has 0 aliphatic carbocycles. The molecule has 1 fully saturated rings. The second-order valence-corrected chi connectivity index (χ2v) is 8.22. The molecule has 32 heavy (non-hydrogen) atoms. The van der Waals surface area contributed by atoms with E-state index < -0.39 is 23.8 Å². The Morgan fingerprint density at radius 1 is 1.03 bits per heavy atom. The predicted octanol–water partition coefficient (Wildman–Crippen LogP) is 3.65. The lowest BCUT2D eigenvalue weighted by molar-refractivity contribution is -0.132. The van der Waals surface area contributed by atoms with E-state index in [1.807, 2.05) is 30.3 Å². The van der Waals surface area contributed by atoms with E-state index in [9.17, 15) is 19.2 Å². The van der Waals surface area contributed by atoms with Crippen LogP contribution in [-0.2, 0) is 20.9 Å². The maximum Gasteiger partial charge on any atom is 0.308 e. The highest BCUT2D eigenvalue weighted by atomic mass is 32.1. The topological polar surface area (TPSA) is 84.0 Å². The molecule has 1 unspecified atom stereocenters. The highest BCUT2D eigenvalue weighted by Gasteiger charge is 2.44. The van der Waals surface area contributed by atoms with E-state index in [4.69, 9.17) is 4.74 Å². The van der Waals surface area contributed by atoms with Gasteiger partial charge in [0.05, 0.1) is 17.0 Å². The number of thiophene rings is 1. The summed E-state index contributed by atoms with van der Waals surface area (Å²) in [6.07, 6.45) is -0.103. The van der Waals surface area contributed by atoms with Crippen LogP contribution < -0.4 is 9.64 Å². The zero-order chi connectivity index (χ0) is 22.7. The van der Waals surface area contributed by atoms with Gasteiger partial charge < -0.3 is 9.64 Å². The molecule has 1 atom stereocenters. The number of amides is 3. The summed E-state index contributed by atoms with van der Waals surface area (Å²) in [5.74, 6) is -1.29. The van der Waals surface area contributed by atoms with Crippen LogP contribution in [0.25, 0.3) is 0 Å². The van der Waals surface area contributed by atoms with Crippen LogP contribution in [-0.4, -0.2) is 34.6 Å². The van der Waals surface area contributed by atoms with Crippen molar-refractivity contribution in [2.75, 3.05) is 4.90 Å². The first kappa shape index (κ1) is 21.5. The molecule has 4 rings (SSSR count). The van der Waals surface area contributed by atoms with Crippen molar-refractivity contribution in [3.05, 3.63) is 82.6 Å². The first-order chi connectivity index (χ1) is 15.4. The molecule has 8 heteroatoms. The fourth-order valence-corrected chi connectivity index (χ4v) is 4.28. The van der Waals surface area contributed by atoms with Crippen LogP contribution in [0.3, 0.4) is 0 Å². The number of hydrogen-bond acceptors (Lipinski definition) is 6. The molecule has 0 spiro atoms. The van der Waals surface area contributed by atoms with Crippen LogP contribution in [0.4, 0.5) is 5.69 Å². The Hall–Kier alpha value is -3.78. The van der Waals surface area contributed by atoms with Gasteiger partial charge in [-0.2, -0.15) is 0 Å². The molecule has 1 saturated heterocycles. The Morgan fingerprint density at radius 3 is 2.38 bits per heavy atom. The number of ether oxygens (including phenoxy) is 1. The van der Waals surface area contributed by atoms with Gasteiger partial charge in [0, 0.05) is 13.5 Å². The number of rotatable bonds is 6. The summed E-state index contributed by atoms with van der Waals surface area (Å²) in [7, 11) is 0. The van der Waals surface area contributed by atoms with Crippen LogP contribution in [0.2, 0.25) is 0 Å². The Balaban J connectivity index is 1.62. The first-order valence-electron chi connectivity index (χ1n) is 9.97. The zero-order valence-corrected chi connectivity index (χ0v) is 18.1. The number of nitrogens with zero attached hydrogens (tertiary/aromatic N) is 2. The fourth-order valence-electron chi connectivity index (χ4n) is 3.61. The quantitative estimate of drug-likeness (QED) is 0.327. The van der Waals surface area contributed by atoms with Crippen molar-refractivity contribution in [1.29, 1.82) is 0 Å². The van der Waals surface area contributed by atoms with Crippen molar-refractivity contribution in [3.8, 4) is 5.75 Å². The van der Waals surface area contributed by atoms with Gasteiger partial charge in [0.15, 0.2) is 0 Å². The average Bonchev–Trinajstić information content (AvgIpc) is 3.41. The molecule has 2 heterocycles. The normalized spacial score (nSPS) is 15.7. The number of carbonyl (C=O) groups excluding carboxylic acids is 4. The van der Waals surface area contributed by atoms with Crippen LogP contribution in [0.5, 0.6) is 5.75 Å². The van der Waals surface area contributed by atoms with Crippen LogP contribution in [0, 0.1) is 0 Å². The van der Waals surface area contributed by atoms with E-state index in [0.717, 1.165) is 10.5 Å². The average molecular weight is 449 g/mol. The lowest BCUT2D eigenvalue weighted by atomic mass is 10.1. The summed E-state index contributed by atoms with van der Waals surface area (Å²) in [5, 5.41) is 1.80. The molecule has 1 aromatic heterocycles. The highest BCUT2D eigenvalue weighted by Crippen LogP contribution is 2.29. The van der Waals surface area contributed by atoms with Gasteiger partial charge in [0.1, 0.15) is 11.8 Å². The molecule has 1 aliphatic rings. The van der Waals surface area contributed by atoms with Crippen molar-refractivity contribution in [2.45, 2.75) is 25.9 Å². The van der Waals surface area contributed by atoms with Crippen molar-refractivity contribution in [2.24, 2.45) is 0 Å². The summed E-state index contributed by atoms with van der Waals surface area (Å²) in [6.45, 7) is 1.50. The monoisotopic (exact) mass is 448 g/mol. The second-order valence-electron chi connectivity index (χ2n) is 7.27. The third-order valence-electron chi connectivity index (χ3n) is 5.04. The number of benzene rings is 2. The standard InChI is InChI=1S/C24H20N2O5S/c1-16(27)31-19-11-9-18(10-12-19)26-22(28)14-20(23(26)29)25(15-17-6-3-2-4-7-17)24(30)21-8-5-13-32-21/h2-13,20H,14-15H2,1H3. The predicted molar refractivity (Wildman–Crippen MR) is 119 cm³/mol. The van der Waals surface area contributed by atoms with Crippen LogP contribution >= 0.6 is 11.3 Å². The van der Waals surface area contributed by atoms with E-state index >= 15 is 0 Å². The van der Waals surface area contributed by atoms with Gasteiger partial charge in [0.2, 0.25) is 5.91 Å². The van der Waals surface area contributed by atoms with Gasteiger partial charge in [-0.05, 0) is 41.3 Å². The van der Waals surface area contributed by atoms with Crippen molar-refractivity contribution < 1.29 is 23.9 Å². The Kier molecular flexibility index (Phi) is 6.13. The molecule has 3 amide bonds. The maximum atomic E-state index is 13.3. The van der Waals surface area contributed by atoms with Gasteiger partial charge in [-0.1, -0.05) is 36.4 Å². The third kappa shape index (κ3) is 4.45. The molecule has 0 saturated carbocycles. The van der Waals surface area contributed by atoms with Crippen molar-refractivity contribution in [3.63, 3.8) is 0 Å². The lowest BCUT2D eigenvalue weighted by Crippen LogP contribution is -2.44. The van der Waals surface area contributed by atoms with Gasteiger partial charge in [-0.15, -0.1) is 11.3 Å². The van der Waals surface area contributed by atoms with E-state index in [-0.39, 0.29) is 18.9 Å². The SMILES string of the molecule is CC(=O)Oc1ccc(N2C(=O)CC(N(Cc3ccccc3)C(=O)c3cccs3)C2=O)cc1. The van der Waals surface area contributed by atoms with E-state index in [1.165, 1.54) is 35.3 Å². The molecule has 0 bridgehead atoms. The largest absolute Gasteiger partial charge is 0.427 e. The Bertz CT molecular complexity index is 1140. The number of carbonyl (C=O) groups is 4. The van der Waals surface area contributed by atoms with Gasteiger partial charge >= 0.3 is 5.97 Å². The first-order valence-corrected chi connectivity index (χ1v) is 10.9. The third-order valence-corrected chi connectivity index (χ3v) is 5.90. The summed E-state index contributed by atoms with van der Waals surface area (Å²) < 4.78 is 5.01. The molecule has 3 aromatic rings. The van der Waals surface area contributed by atoms with Crippen molar-refractivity contribution in [1.82, 2.24) is 4.90 Å². The summed E-state index contributed by atoms with van der Waals surface area (Å²) in [6, 6.07) is 18.0. The van der Waals surface area contributed by atoms with Gasteiger partial charge in [-0.3, -0.25) is 19.2 Å². The minimum Gasteiger partial charge on any atom is -0.427 e. The number of hydrogen-bond donors (Lipinski definition) is 0. The molecular weight excluding hydrogens is 428 g/mol.